The number of aldehydes is 1. The van der Waals surface area contributed by atoms with E-state index in [-0.39, 0.29) is 0 Å². The van der Waals surface area contributed by atoms with Crippen molar-refractivity contribution < 1.29 is 14.3 Å². The lowest BCUT2D eigenvalue weighted by Crippen LogP contribution is -2.01. The second kappa shape index (κ2) is 19.1. The van der Waals surface area contributed by atoms with Gasteiger partial charge in [0.2, 0.25) is 0 Å². The van der Waals surface area contributed by atoms with Gasteiger partial charge in [0.25, 0.3) is 0 Å². The quantitative estimate of drug-likeness (QED) is 0.203. The number of carbonyl (C=O) groups is 1. The van der Waals surface area contributed by atoms with Gasteiger partial charge in [-0.2, -0.15) is 0 Å². The second-order valence-corrected chi connectivity index (χ2v) is 6.88. The molecule has 0 unspecified atom stereocenters. The highest BCUT2D eigenvalue weighted by atomic mass is 16.5. The Morgan fingerprint density at radius 2 is 1.53 bits per heavy atom. The van der Waals surface area contributed by atoms with E-state index in [9.17, 15) is 4.79 Å². The van der Waals surface area contributed by atoms with E-state index in [1.807, 2.05) is 58.0 Å². The molecule has 0 N–H and O–H groups in total. The Morgan fingerprint density at radius 1 is 0.971 bits per heavy atom. The zero-order chi connectivity index (χ0) is 25.8. The number of rotatable bonds is 7. The highest BCUT2D eigenvalue weighted by Crippen LogP contribution is 2.31. The predicted molar refractivity (Wildman–Crippen MR) is 147 cm³/mol. The van der Waals surface area contributed by atoms with Crippen LogP contribution in [0.25, 0.3) is 22.9 Å². The van der Waals surface area contributed by atoms with E-state index in [0.29, 0.717) is 13.0 Å². The molecular weight excluding hydrogens is 422 g/mol. The van der Waals surface area contributed by atoms with Gasteiger partial charge < -0.3 is 18.8 Å². The van der Waals surface area contributed by atoms with Gasteiger partial charge in [-0.05, 0) is 62.7 Å². The minimum atomic E-state index is 0.407. The molecule has 4 heteroatoms. The fourth-order valence-electron chi connectivity index (χ4n) is 3.09. The van der Waals surface area contributed by atoms with Gasteiger partial charge in [0.05, 0.1) is 6.61 Å². The molecule has 0 aliphatic heterocycles. The van der Waals surface area contributed by atoms with Crippen molar-refractivity contribution in [1.29, 1.82) is 0 Å². The summed E-state index contributed by atoms with van der Waals surface area (Å²) >= 11 is 0. The molecule has 0 radical (unpaired) electrons. The lowest BCUT2D eigenvalue weighted by molar-refractivity contribution is -0.108. The number of carbonyl (C=O) groups excluding carboxylic acids is 1. The fraction of sp³-hybridized carbons (Fsp3) is 0.300. The Morgan fingerprint density at radius 3 is 2.03 bits per heavy atom. The number of methoxy groups -OCH3 is 1. The first-order valence-electron chi connectivity index (χ1n) is 11.6. The van der Waals surface area contributed by atoms with Crippen LogP contribution in [0.1, 0.15) is 45.5 Å². The van der Waals surface area contributed by atoms with Gasteiger partial charge >= 0.3 is 0 Å². The van der Waals surface area contributed by atoms with Crippen LogP contribution in [0.2, 0.25) is 0 Å². The molecule has 0 aliphatic rings. The van der Waals surface area contributed by atoms with Crippen LogP contribution in [0.4, 0.5) is 0 Å². The van der Waals surface area contributed by atoms with Crippen LogP contribution in [-0.4, -0.2) is 31.7 Å². The van der Waals surface area contributed by atoms with Crippen molar-refractivity contribution in [2.75, 3.05) is 20.8 Å². The first kappa shape index (κ1) is 30.6. The van der Waals surface area contributed by atoms with E-state index in [2.05, 4.69) is 65.3 Å². The molecular formula is C30H41NO3. The first-order valence-corrected chi connectivity index (χ1v) is 11.6. The summed E-state index contributed by atoms with van der Waals surface area (Å²) in [6.07, 6.45) is 7.20. The Kier molecular flexibility index (Phi) is 17.2. The molecule has 0 saturated heterocycles. The second-order valence-electron chi connectivity index (χ2n) is 6.88. The Labute approximate surface area is 206 Å². The van der Waals surface area contributed by atoms with Gasteiger partial charge in [-0.3, -0.25) is 0 Å². The van der Waals surface area contributed by atoms with Crippen molar-refractivity contribution in [1.82, 2.24) is 4.57 Å². The summed E-state index contributed by atoms with van der Waals surface area (Å²) in [6.45, 7) is 13.8. The largest absolute Gasteiger partial charge is 0.493 e. The fourth-order valence-corrected chi connectivity index (χ4v) is 3.09. The van der Waals surface area contributed by atoms with Crippen molar-refractivity contribution in [2.24, 2.45) is 0 Å². The SMILES string of the molecule is C/C=C/c1cc(-c2ccccc2)c(C)n1-c1ccc(OCCC=O)cc1.C=CC.CC.COC. The maximum Gasteiger partial charge on any atom is 0.123 e. The summed E-state index contributed by atoms with van der Waals surface area (Å²) in [5.41, 5.74) is 5.85. The van der Waals surface area contributed by atoms with E-state index in [1.54, 1.807) is 20.3 Å². The summed E-state index contributed by atoms with van der Waals surface area (Å²) < 4.78 is 12.1. The Balaban J connectivity index is 0.00000121. The molecule has 0 aliphatic carbocycles. The maximum atomic E-state index is 10.4. The Hall–Kier alpha value is -3.37. The van der Waals surface area contributed by atoms with Crippen LogP contribution in [0.5, 0.6) is 5.75 Å². The minimum absolute atomic E-state index is 0.407. The molecule has 2 aromatic carbocycles. The van der Waals surface area contributed by atoms with Crippen LogP contribution >= 0.6 is 0 Å². The number of benzene rings is 2. The molecule has 0 spiro atoms. The lowest BCUT2D eigenvalue weighted by Gasteiger charge is -2.12. The summed E-state index contributed by atoms with van der Waals surface area (Å²) in [6, 6.07) is 20.6. The van der Waals surface area contributed by atoms with Crippen LogP contribution in [0.3, 0.4) is 0 Å². The summed E-state index contributed by atoms with van der Waals surface area (Å²) in [5.74, 6) is 0.774. The molecule has 0 saturated carbocycles. The lowest BCUT2D eigenvalue weighted by atomic mass is 10.1. The normalized spacial score (nSPS) is 9.50. The van der Waals surface area contributed by atoms with Crippen molar-refractivity contribution in [2.45, 2.75) is 41.0 Å². The number of hydrogen-bond donors (Lipinski definition) is 0. The van der Waals surface area contributed by atoms with Crippen molar-refractivity contribution in [3.05, 3.63) is 90.8 Å². The van der Waals surface area contributed by atoms with E-state index in [4.69, 9.17) is 4.74 Å². The standard InChI is InChI=1S/C23H23NO2.C3H6.C2H6O.C2H6/c1-3-8-21-17-23(19-9-5-4-6-10-19)18(2)24(21)20-11-13-22(14-12-20)26-16-7-15-25;2*1-3-2;1-2/h3-6,8-15,17H,7,16H2,1-2H3;3H,1H2,2H3;1-2H3;1-2H3/b8-3+;;;. The van der Waals surface area contributed by atoms with Crippen LogP contribution < -0.4 is 4.74 Å². The predicted octanol–water partition coefficient (Wildman–Crippen LogP) is 7.93. The molecule has 1 aromatic heterocycles. The third kappa shape index (κ3) is 10.1. The third-order valence-corrected chi connectivity index (χ3v) is 4.30. The van der Waals surface area contributed by atoms with Crippen molar-refractivity contribution in [3.8, 4) is 22.6 Å². The summed E-state index contributed by atoms with van der Waals surface area (Å²) in [7, 11) is 3.25. The molecule has 0 amide bonds. The molecule has 0 fully saturated rings. The molecule has 1 heterocycles. The average Bonchev–Trinajstić information content (AvgIpc) is 3.18. The average molecular weight is 464 g/mol. The van der Waals surface area contributed by atoms with Crippen LogP contribution in [0.15, 0.2) is 79.4 Å². The zero-order valence-corrected chi connectivity index (χ0v) is 21.9. The summed E-state index contributed by atoms with van der Waals surface area (Å²) in [4.78, 5) is 10.4. The highest BCUT2D eigenvalue weighted by molar-refractivity contribution is 5.72. The molecule has 0 atom stereocenters. The zero-order valence-electron chi connectivity index (χ0n) is 21.9. The molecule has 3 aromatic rings. The Bertz CT molecular complexity index is 955. The third-order valence-electron chi connectivity index (χ3n) is 4.30. The van der Waals surface area contributed by atoms with E-state index >= 15 is 0 Å². The van der Waals surface area contributed by atoms with Crippen LogP contribution in [-0.2, 0) is 9.53 Å². The van der Waals surface area contributed by atoms with Gasteiger partial charge in [0.1, 0.15) is 12.0 Å². The van der Waals surface area contributed by atoms with Gasteiger partial charge in [0.15, 0.2) is 0 Å². The van der Waals surface area contributed by atoms with E-state index < -0.39 is 0 Å². The van der Waals surface area contributed by atoms with Gasteiger partial charge in [-0.25, -0.2) is 0 Å². The number of allylic oxidation sites excluding steroid dienone is 2. The number of aromatic nitrogens is 1. The number of ether oxygens (including phenoxy) is 2. The number of hydrogen-bond acceptors (Lipinski definition) is 3. The monoisotopic (exact) mass is 463 g/mol. The van der Waals surface area contributed by atoms with E-state index in [0.717, 1.165) is 23.4 Å². The molecule has 184 valence electrons. The molecule has 0 bridgehead atoms. The maximum absolute atomic E-state index is 10.4. The smallest absolute Gasteiger partial charge is 0.123 e. The van der Waals surface area contributed by atoms with Gasteiger partial charge in [-0.15, -0.1) is 6.58 Å². The molecule has 3 rings (SSSR count). The summed E-state index contributed by atoms with van der Waals surface area (Å²) in [5, 5.41) is 0. The highest BCUT2D eigenvalue weighted by Gasteiger charge is 2.13. The van der Waals surface area contributed by atoms with Crippen molar-refractivity contribution >= 4 is 12.4 Å². The van der Waals surface area contributed by atoms with Crippen molar-refractivity contribution in [3.63, 3.8) is 0 Å². The first-order chi connectivity index (χ1) is 16.6. The van der Waals surface area contributed by atoms with E-state index in [1.165, 1.54) is 16.8 Å². The topological polar surface area (TPSA) is 40.5 Å². The van der Waals surface area contributed by atoms with Gasteiger partial charge in [-0.1, -0.05) is 56.3 Å². The molecule has 34 heavy (non-hydrogen) atoms. The molecule has 4 nitrogen and oxygen atoms in total. The van der Waals surface area contributed by atoms with Crippen LogP contribution in [0, 0.1) is 6.92 Å². The minimum Gasteiger partial charge on any atom is -0.493 e. The van der Waals surface area contributed by atoms with Gasteiger partial charge in [0, 0.05) is 43.3 Å². The number of nitrogens with zero attached hydrogens (tertiary/aromatic N) is 1.